The Kier molecular flexibility index (Phi) is 11.1. The molecule has 0 saturated carbocycles. The summed E-state index contributed by atoms with van der Waals surface area (Å²) in [5.74, 6) is 3.20. The number of terminal acetylenes is 1. The van der Waals surface area contributed by atoms with Gasteiger partial charge >= 0.3 is 0 Å². The van der Waals surface area contributed by atoms with Gasteiger partial charge in [0.2, 0.25) is 0 Å². The number of likely N-dealkylation sites (N-methyl/N-ethyl adjacent to an activating group) is 1. The second-order valence-electron chi connectivity index (χ2n) is 4.74. The summed E-state index contributed by atoms with van der Waals surface area (Å²) in [6, 6.07) is 0.580. The van der Waals surface area contributed by atoms with Crippen LogP contribution in [0, 0.1) is 12.3 Å². The van der Waals surface area contributed by atoms with Gasteiger partial charge in [-0.05, 0) is 38.8 Å². The molecule has 0 amide bonds. The van der Waals surface area contributed by atoms with Crippen LogP contribution in [0.2, 0.25) is 0 Å². The number of hydrogen-bond donors (Lipinski definition) is 2. The Labute approximate surface area is 134 Å². The fraction of sp³-hybridized carbons (Fsp3) is 0.786. The average molecular weight is 378 g/mol. The summed E-state index contributed by atoms with van der Waals surface area (Å²) in [6.07, 6.45) is 10.6. The van der Waals surface area contributed by atoms with Gasteiger partial charge in [0.25, 0.3) is 0 Å². The van der Waals surface area contributed by atoms with Gasteiger partial charge in [0, 0.05) is 19.0 Å². The summed E-state index contributed by atoms with van der Waals surface area (Å²) in [6.45, 7) is 6.20. The maximum Gasteiger partial charge on any atom is 0.188 e. The SMILES string of the molecule is C#CCCCCNC(N)=NCC1CCCN1CC.I. The summed E-state index contributed by atoms with van der Waals surface area (Å²) < 4.78 is 0. The molecular formula is C14H27IN4. The van der Waals surface area contributed by atoms with Crippen LogP contribution < -0.4 is 11.1 Å². The third kappa shape index (κ3) is 7.63. The topological polar surface area (TPSA) is 53.6 Å². The van der Waals surface area contributed by atoms with E-state index < -0.39 is 0 Å². The highest BCUT2D eigenvalue weighted by Crippen LogP contribution is 2.16. The van der Waals surface area contributed by atoms with Crippen molar-refractivity contribution in [1.82, 2.24) is 10.2 Å². The Balaban J connectivity index is 0.00000324. The highest BCUT2D eigenvalue weighted by Gasteiger charge is 2.22. The molecule has 0 radical (unpaired) electrons. The maximum absolute atomic E-state index is 5.83. The predicted octanol–water partition coefficient (Wildman–Crippen LogP) is 1.80. The Morgan fingerprint density at radius 1 is 1.53 bits per heavy atom. The molecule has 5 heteroatoms. The molecule has 0 spiro atoms. The highest BCUT2D eigenvalue weighted by atomic mass is 127. The van der Waals surface area contributed by atoms with Crippen molar-refractivity contribution in [2.75, 3.05) is 26.2 Å². The molecule has 4 nitrogen and oxygen atoms in total. The summed E-state index contributed by atoms with van der Waals surface area (Å²) >= 11 is 0. The Hall–Kier alpha value is -0.480. The molecule has 1 saturated heterocycles. The van der Waals surface area contributed by atoms with E-state index in [4.69, 9.17) is 12.2 Å². The van der Waals surface area contributed by atoms with Crippen molar-refractivity contribution in [3.05, 3.63) is 0 Å². The lowest BCUT2D eigenvalue weighted by Crippen LogP contribution is -2.36. The lowest BCUT2D eigenvalue weighted by Gasteiger charge is -2.20. The zero-order valence-electron chi connectivity index (χ0n) is 11.9. The molecule has 1 heterocycles. The standard InChI is InChI=1S/C14H26N4.HI/c1-3-5-6-7-10-16-14(15)17-12-13-9-8-11-18(13)4-2;/h1,13H,4-12H2,2H3,(H3,15,16,17);1H. The predicted molar refractivity (Wildman–Crippen MR) is 92.9 cm³/mol. The molecule has 1 fully saturated rings. The van der Waals surface area contributed by atoms with Gasteiger partial charge in [-0.2, -0.15) is 0 Å². The van der Waals surface area contributed by atoms with E-state index in [1.54, 1.807) is 0 Å². The summed E-state index contributed by atoms with van der Waals surface area (Å²) in [5, 5.41) is 3.14. The molecular weight excluding hydrogens is 351 g/mol. The number of hydrogen-bond acceptors (Lipinski definition) is 2. The van der Waals surface area contributed by atoms with Gasteiger partial charge in [0.15, 0.2) is 5.96 Å². The first-order chi connectivity index (χ1) is 8.77. The Bertz CT molecular complexity index is 298. The van der Waals surface area contributed by atoms with Crippen LogP contribution in [0.25, 0.3) is 0 Å². The molecule has 0 bridgehead atoms. The molecule has 0 aromatic carbocycles. The molecule has 0 aromatic rings. The number of aliphatic imine (C=N–C) groups is 1. The number of likely N-dealkylation sites (tertiary alicyclic amines) is 1. The normalized spacial score (nSPS) is 19.8. The third-order valence-corrected chi connectivity index (χ3v) is 3.43. The van der Waals surface area contributed by atoms with E-state index in [9.17, 15) is 0 Å². The van der Waals surface area contributed by atoms with Crippen LogP contribution in [0.1, 0.15) is 39.0 Å². The fourth-order valence-electron chi connectivity index (χ4n) is 2.35. The van der Waals surface area contributed by atoms with E-state index in [0.717, 1.165) is 38.9 Å². The van der Waals surface area contributed by atoms with Crippen LogP contribution >= 0.6 is 24.0 Å². The smallest absolute Gasteiger partial charge is 0.188 e. The third-order valence-electron chi connectivity index (χ3n) is 3.43. The minimum absolute atomic E-state index is 0. The molecule has 1 aliphatic heterocycles. The zero-order valence-corrected chi connectivity index (χ0v) is 14.2. The number of nitrogens with zero attached hydrogens (tertiary/aromatic N) is 2. The van der Waals surface area contributed by atoms with Crippen molar-refractivity contribution in [2.45, 2.75) is 45.1 Å². The molecule has 1 aliphatic rings. The van der Waals surface area contributed by atoms with E-state index >= 15 is 0 Å². The first-order valence-electron chi connectivity index (χ1n) is 6.99. The van der Waals surface area contributed by atoms with Gasteiger partial charge in [-0.1, -0.05) is 6.92 Å². The van der Waals surface area contributed by atoms with Crippen LogP contribution in [0.5, 0.6) is 0 Å². The molecule has 1 atom stereocenters. The van der Waals surface area contributed by atoms with E-state index in [0.29, 0.717) is 12.0 Å². The van der Waals surface area contributed by atoms with Crippen molar-refractivity contribution in [2.24, 2.45) is 10.7 Å². The van der Waals surface area contributed by atoms with E-state index in [2.05, 4.69) is 28.1 Å². The fourth-order valence-corrected chi connectivity index (χ4v) is 2.35. The van der Waals surface area contributed by atoms with Gasteiger partial charge in [0.05, 0.1) is 6.54 Å². The highest BCUT2D eigenvalue weighted by molar-refractivity contribution is 14.0. The lowest BCUT2D eigenvalue weighted by molar-refractivity contribution is 0.273. The van der Waals surface area contributed by atoms with Gasteiger partial charge < -0.3 is 11.1 Å². The summed E-state index contributed by atoms with van der Waals surface area (Å²) in [4.78, 5) is 6.90. The maximum atomic E-state index is 5.83. The Morgan fingerprint density at radius 2 is 2.32 bits per heavy atom. The monoisotopic (exact) mass is 378 g/mol. The van der Waals surface area contributed by atoms with Crippen molar-refractivity contribution in [3.63, 3.8) is 0 Å². The number of guanidine groups is 1. The van der Waals surface area contributed by atoms with Crippen LogP contribution in [0.3, 0.4) is 0 Å². The van der Waals surface area contributed by atoms with Gasteiger partial charge in [-0.25, -0.2) is 0 Å². The first-order valence-corrected chi connectivity index (χ1v) is 6.99. The minimum atomic E-state index is 0. The van der Waals surface area contributed by atoms with Crippen molar-refractivity contribution in [3.8, 4) is 12.3 Å². The Morgan fingerprint density at radius 3 is 3.00 bits per heavy atom. The number of rotatable bonds is 7. The number of unbranched alkanes of at least 4 members (excludes halogenated alkanes) is 2. The van der Waals surface area contributed by atoms with Crippen LogP contribution in [-0.4, -0.2) is 43.1 Å². The molecule has 0 aliphatic carbocycles. The molecule has 0 aromatic heterocycles. The van der Waals surface area contributed by atoms with E-state index in [1.807, 2.05) is 0 Å². The molecule has 1 rings (SSSR count). The minimum Gasteiger partial charge on any atom is -0.370 e. The van der Waals surface area contributed by atoms with Gasteiger partial charge in [-0.15, -0.1) is 36.3 Å². The largest absolute Gasteiger partial charge is 0.370 e. The number of halogens is 1. The van der Waals surface area contributed by atoms with Crippen molar-refractivity contribution < 1.29 is 0 Å². The second kappa shape index (κ2) is 11.4. The van der Waals surface area contributed by atoms with Gasteiger partial charge in [0.1, 0.15) is 0 Å². The zero-order chi connectivity index (χ0) is 13.2. The molecule has 3 N–H and O–H groups in total. The van der Waals surface area contributed by atoms with E-state index in [1.165, 1.54) is 19.4 Å². The lowest BCUT2D eigenvalue weighted by atomic mass is 10.2. The number of nitrogens with two attached hydrogens (primary N) is 1. The van der Waals surface area contributed by atoms with Crippen LogP contribution in [0.15, 0.2) is 4.99 Å². The van der Waals surface area contributed by atoms with E-state index in [-0.39, 0.29) is 24.0 Å². The van der Waals surface area contributed by atoms with Crippen LogP contribution in [0.4, 0.5) is 0 Å². The van der Waals surface area contributed by atoms with Crippen molar-refractivity contribution in [1.29, 1.82) is 0 Å². The summed E-state index contributed by atoms with van der Waals surface area (Å²) in [7, 11) is 0. The summed E-state index contributed by atoms with van der Waals surface area (Å²) in [5.41, 5.74) is 5.83. The second-order valence-corrected chi connectivity index (χ2v) is 4.74. The average Bonchev–Trinajstić information content (AvgIpc) is 2.83. The van der Waals surface area contributed by atoms with Gasteiger partial charge in [-0.3, -0.25) is 9.89 Å². The molecule has 1 unspecified atom stereocenters. The number of nitrogens with one attached hydrogen (secondary N) is 1. The van der Waals surface area contributed by atoms with Crippen LogP contribution in [-0.2, 0) is 0 Å². The first kappa shape index (κ1) is 18.5. The van der Waals surface area contributed by atoms with Crippen molar-refractivity contribution >= 4 is 29.9 Å². The molecule has 19 heavy (non-hydrogen) atoms. The quantitative estimate of drug-likeness (QED) is 0.234. The molecule has 110 valence electrons.